The predicted molar refractivity (Wildman–Crippen MR) is 77.6 cm³/mol. The van der Waals surface area contributed by atoms with Crippen molar-refractivity contribution in [3.05, 3.63) is 35.4 Å². The molecule has 2 atom stereocenters. The average molecular weight is 271 g/mol. The van der Waals surface area contributed by atoms with Crippen LogP contribution in [0.3, 0.4) is 0 Å². The first-order valence-electron chi connectivity index (χ1n) is 7.10. The lowest BCUT2D eigenvalue weighted by atomic mass is 9.76. The van der Waals surface area contributed by atoms with E-state index in [9.17, 15) is 4.79 Å². The predicted octanol–water partition coefficient (Wildman–Crippen LogP) is 2.08. The Morgan fingerprint density at radius 1 is 1.50 bits per heavy atom. The van der Waals surface area contributed by atoms with Crippen LogP contribution in [-0.2, 0) is 11.3 Å². The number of rotatable bonds is 3. The summed E-state index contributed by atoms with van der Waals surface area (Å²) in [6, 6.07) is 9.28. The van der Waals surface area contributed by atoms with Crippen molar-refractivity contribution in [3.63, 3.8) is 0 Å². The highest BCUT2D eigenvalue weighted by Gasteiger charge is 2.37. The van der Waals surface area contributed by atoms with Crippen LogP contribution in [0, 0.1) is 17.2 Å². The SMILES string of the molecule is CC1CCCC(N)(C(=O)NCc2ccc(C#N)cc2)C1. The Kier molecular flexibility index (Phi) is 4.41. The maximum absolute atomic E-state index is 12.3. The van der Waals surface area contributed by atoms with Crippen molar-refractivity contribution in [2.75, 3.05) is 0 Å². The molecule has 0 heterocycles. The van der Waals surface area contributed by atoms with Gasteiger partial charge in [0.25, 0.3) is 0 Å². The van der Waals surface area contributed by atoms with Gasteiger partial charge in [-0.1, -0.05) is 31.9 Å². The minimum Gasteiger partial charge on any atom is -0.350 e. The van der Waals surface area contributed by atoms with Crippen LogP contribution in [0.2, 0.25) is 0 Å². The highest BCUT2D eigenvalue weighted by atomic mass is 16.2. The third-order valence-electron chi connectivity index (χ3n) is 4.02. The van der Waals surface area contributed by atoms with Gasteiger partial charge in [0.15, 0.2) is 0 Å². The number of nitrogens with two attached hydrogens (primary N) is 1. The molecule has 2 unspecified atom stereocenters. The van der Waals surface area contributed by atoms with E-state index in [0.717, 1.165) is 31.2 Å². The van der Waals surface area contributed by atoms with E-state index in [4.69, 9.17) is 11.0 Å². The maximum Gasteiger partial charge on any atom is 0.240 e. The standard InChI is InChI=1S/C16H21N3O/c1-12-3-2-8-16(18,9-12)15(20)19-11-14-6-4-13(10-17)5-7-14/h4-7,12H,2-3,8-9,11,18H2,1H3,(H,19,20). The Morgan fingerprint density at radius 3 is 2.80 bits per heavy atom. The molecule has 1 aliphatic rings. The van der Waals surface area contributed by atoms with Crippen LogP contribution in [0.1, 0.15) is 43.7 Å². The number of benzene rings is 1. The summed E-state index contributed by atoms with van der Waals surface area (Å²) in [5.74, 6) is 0.447. The molecular formula is C16H21N3O. The van der Waals surface area contributed by atoms with Gasteiger partial charge < -0.3 is 11.1 Å². The molecule has 0 aromatic heterocycles. The first-order chi connectivity index (χ1) is 9.53. The van der Waals surface area contributed by atoms with E-state index in [1.165, 1.54) is 0 Å². The van der Waals surface area contributed by atoms with Crippen molar-refractivity contribution in [1.29, 1.82) is 5.26 Å². The molecule has 4 nitrogen and oxygen atoms in total. The first kappa shape index (κ1) is 14.5. The molecular weight excluding hydrogens is 250 g/mol. The summed E-state index contributed by atoms with van der Waals surface area (Å²) in [5, 5.41) is 11.7. The number of hydrogen-bond acceptors (Lipinski definition) is 3. The molecule has 1 amide bonds. The summed E-state index contributed by atoms with van der Waals surface area (Å²) in [6.45, 7) is 2.60. The van der Waals surface area contributed by atoms with Gasteiger partial charge in [-0.2, -0.15) is 5.26 Å². The molecule has 0 saturated heterocycles. The molecule has 106 valence electrons. The van der Waals surface area contributed by atoms with Gasteiger partial charge in [0.2, 0.25) is 5.91 Å². The molecule has 1 aliphatic carbocycles. The molecule has 1 aromatic carbocycles. The summed E-state index contributed by atoms with van der Waals surface area (Å²) >= 11 is 0. The summed E-state index contributed by atoms with van der Waals surface area (Å²) < 4.78 is 0. The molecule has 20 heavy (non-hydrogen) atoms. The summed E-state index contributed by atoms with van der Waals surface area (Å²) in [7, 11) is 0. The number of carbonyl (C=O) groups is 1. The van der Waals surface area contributed by atoms with E-state index in [1.807, 2.05) is 12.1 Å². The second-order valence-corrected chi connectivity index (χ2v) is 5.85. The fourth-order valence-electron chi connectivity index (χ4n) is 2.85. The van der Waals surface area contributed by atoms with Crippen molar-refractivity contribution >= 4 is 5.91 Å². The van der Waals surface area contributed by atoms with Gasteiger partial charge in [-0.25, -0.2) is 0 Å². The fraction of sp³-hybridized carbons (Fsp3) is 0.500. The van der Waals surface area contributed by atoms with Crippen LogP contribution in [0.4, 0.5) is 0 Å². The van der Waals surface area contributed by atoms with Crippen molar-refractivity contribution < 1.29 is 4.79 Å². The third-order valence-corrected chi connectivity index (χ3v) is 4.02. The van der Waals surface area contributed by atoms with Gasteiger partial charge in [-0.15, -0.1) is 0 Å². The molecule has 3 N–H and O–H groups in total. The van der Waals surface area contributed by atoms with Gasteiger partial charge in [0.1, 0.15) is 0 Å². The Hall–Kier alpha value is -1.86. The summed E-state index contributed by atoms with van der Waals surface area (Å²) in [6.07, 6.45) is 3.69. The van der Waals surface area contributed by atoms with Crippen molar-refractivity contribution in [2.45, 2.75) is 44.7 Å². The molecule has 1 aromatic rings. The molecule has 0 spiro atoms. The smallest absolute Gasteiger partial charge is 0.240 e. The molecule has 0 aliphatic heterocycles. The highest BCUT2D eigenvalue weighted by molar-refractivity contribution is 5.86. The molecule has 4 heteroatoms. The van der Waals surface area contributed by atoms with E-state index in [0.29, 0.717) is 18.0 Å². The van der Waals surface area contributed by atoms with Crippen molar-refractivity contribution in [1.82, 2.24) is 5.32 Å². The van der Waals surface area contributed by atoms with Crippen LogP contribution < -0.4 is 11.1 Å². The minimum absolute atomic E-state index is 0.0617. The minimum atomic E-state index is -0.718. The van der Waals surface area contributed by atoms with Gasteiger partial charge in [0.05, 0.1) is 17.2 Å². The van der Waals surface area contributed by atoms with Crippen molar-refractivity contribution in [3.8, 4) is 6.07 Å². The Balaban J connectivity index is 1.92. The molecule has 2 rings (SSSR count). The van der Waals surface area contributed by atoms with Crippen molar-refractivity contribution in [2.24, 2.45) is 11.7 Å². The van der Waals surface area contributed by atoms with Gasteiger partial charge in [-0.3, -0.25) is 4.79 Å². The van der Waals surface area contributed by atoms with E-state index >= 15 is 0 Å². The number of amides is 1. The van der Waals surface area contributed by atoms with E-state index < -0.39 is 5.54 Å². The lowest BCUT2D eigenvalue weighted by Gasteiger charge is -2.35. The number of nitrogens with one attached hydrogen (secondary N) is 1. The van der Waals surface area contributed by atoms with Gasteiger partial charge >= 0.3 is 0 Å². The largest absolute Gasteiger partial charge is 0.350 e. The Bertz CT molecular complexity index is 518. The maximum atomic E-state index is 12.3. The first-order valence-corrected chi connectivity index (χ1v) is 7.10. The van der Waals surface area contributed by atoms with Crippen LogP contribution in [0.5, 0.6) is 0 Å². The average Bonchev–Trinajstić information content (AvgIpc) is 2.45. The highest BCUT2D eigenvalue weighted by Crippen LogP contribution is 2.30. The number of nitriles is 1. The third kappa shape index (κ3) is 3.37. The van der Waals surface area contributed by atoms with Crippen LogP contribution >= 0.6 is 0 Å². The quantitative estimate of drug-likeness (QED) is 0.883. The second-order valence-electron chi connectivity index (χ2n) is 5.85. The van der Waals surface area contributed by atoms with E-state index in [-0.39, 0.29) is 5.91 Å². The molecule has 0 radical (unpaired) electrons. The van der Waals surface area contributed by atoms with Gasteiger partial charge in [0, 0.05) is 6.54 Å². The lowest BCUT2D eigenvalue weighted by molar-refractivity contribution is -0.128. The number of carbonyl (C=O) groups excluding carboxylic acids is 1. The normalized spacial score (nSPS) is 25.8. The fourth-order valence-corrected chi connectivity index (χ4v) is 2.85. The van der Waals surface area contributed by atoms with Gasteiger partial charge in [-0.05, 0) is 36.5 Å². The summed E-state index contributed by atoms with van der Waals surface area (Å²) in [5.41, 5.74) is 7.13. The Morgan fingerprint density at radius 2 is 2.20 bits per heavy atom. The van der Waals surface area contributed by atoms with Crippen LogP contribution in [-0.4, -0.2) is 11.4 Å². The van der Waals surface area contributed by atoms with Crippen LogP contribution in [0.15, 0.2) is 24.3 Å². The van der Waals surface area contributed by atoms with E-state index in [1.54, 1.807) is 12.1 Å². The zero-order chi connectivity index (χ0) is 14.6. The summed E-state index contributed by atoms with van der Waals surface area (Å²) in [4.78, 5) is 12.3. The number of hydrogen-bond donors (Lipinski definition) is 2. The van der Waals surface area contributed by atoms with Crippen LogP contribution in [0.25, 0.3) is 0 Å². The van der Waals surface area contributed by atoms with E-state index in [2.05, 4.69) is 18.3 Å². The zero-order valence-corrected chi connectivity index (χ0v) is 11.9. The lowest BCUT2D eigenvalue weighted by Crippen LogP contribution is -2.56. The molecule has 1 fully saturated rings. The molecule has 0 bridgehead atoms. The topological polar surface area (TPSA) is 78.9 Å². The second kappa shape index (κ2) is 6.06. The zero-order valence-electron chi connectivity index (χ0n) is 11.9. The monoisotopic (exact) mass is 271 g/mol. The number of nitrogens with zero attached hydrogens (tertiary/aromatic N) is 1. The Labute approximate surface area is 120 Å². The molecule has 1 saturated carbocycles.